The number of ether oxygens (including phenoxy) is 1. The SMILES string of the molecule is CN(C)C(CNC(=O)Nc1ccc(OCC(N)=O)cc1)c1ccc(F)cc1. The second kappa shape index (κ2) is 9.54. The average Bonchev–Trinajstić information content (AvgIpc) is 2.62. The van der Waals surface area contributed by atoms with Crippen LogP contribution in [0, 0.1) is 5.82 Å². The Labute approximate surface area is 157 Å². The van der Waals surface area contributed by atoms with Gasteiger partial charge in [-0.2, -0.15) is 0 Å². The van der Waals surface area contributed by atoms with Crippen LogP contribution in [-0.4, -0.2) is 44.1 Å². The Morgan fingerprint density at radius 3 is 2.30 bits per heavy atom. The highest BCUT2D eigenvalue weighted by Crippen LogP contribution is 2.18. The fraction of sp³-hybridized carbons (Fsp3) is 0.263. The van der Waals surface area contributed by atoms with E-state index in [2.05, 4.69) is 10.6 Å². The second-order valence-electron chi connectivity index (χ2n) is 6.15. The van der Waals surface area contributed by atoms with Crippen molar-refractivity contribution in [1.82, 2.24) is 10.2 Å². The summed E-state index contributed by atoms with van der Waals surface area (Å²) in [5, 5.41) is 5.52. The Balaban J connectivity index is 1.88. The molecule has 27 heavy (non-hydrogen) atoms. The first kappa shape index (κ1) is 20.2. The van der Waals surface area contributed by atoms with E-state index in [1.807, 2.05) is 19.0 Å². The number of hydrogen-bond donors (Lipinski definition) is 3. The van der Waals surface area contributed by atoms with Crippen LogP contribution in [0.1, 0.15) is 11.6 Å². The molecule has 7 nitrogen and oxygen atoms in total. The molecular weight excluding hydrogens is 351 g/mol. The number of benzene rings is 2. The van der Waals surface area contributed by atoms with Crippen LogP contribution in [0.4, 0.5) is 14.9 Å². The van der Waals surface area contributed by atoms with Crippen LogP contribution >= 0.6 is 0 Å². The fourth-order valence-corrected chi connectivity index (χ4v) is 2.44. The number of urea groups is 1. The average molecular weight is 374 g/mol. The number of carbonyl (C=O) groups excluding carboxylic acids is 2. The van der Waals surface area contributed by atoms with Gasteiger partial charge in [0.15, 0.2) is 6.61 Å². The molecule has 0 aliphatic carbocycles. The molecule has 0 spiro atoms. The first-order valence-corrected chi connectivity index (χ1v) is 8.33. The lowest BCUT2D eigenvalue weighted by atomic mass is 10.1. The molecule has 8 heteroatoms. The maximum atomic E-state index is 13.1. The zero-order chi connectivity index (χ0) is 19.8. The lowest BCUT2D eigenvalue weighted by Gasteiger charge is -2.25. The molecule has 0 saturated carbocycles. The first-order valence-electron chi connectivity index (χ1n) is 8.33. The fourth-order valence-electron chi connectivity index (χ4n) is 2.44. The van der Waals surface area contributed by atoms with E-state index in [9.17, 15) is 14.0 Å². The van der Waals surface area contributed by atoms with Gasteiger partial charge in [-0.3, -0.25) is 4.79 Å². The van der Waals surface area contributed by atoms with Gasteiger partial charge in [-0.15, -0.1) is 0 Å². The van der Waals surface area contributed by atoms with E-state index in [0.717, 1.165) is 5.56 Å². The number of rotatable bonds is 8. The molecule has 0 saturated heterocycles. The van der Waals surface area contributed by atoms with E-state index in [-0.39, 0.29) is 24.5 Å². The van der Waals surface area contributed by atoms with E-state index >= 15 is 0 Å². The molecule has 4 N–H and O–H groups in total. The number of primary amides is 1. The maximum Gasteiger partial charge on any atom is 0.319 e. The Kier molecular flexibility index (Phi) is 7.13. The van der Waals surface area contributed by atoms with E-state index < -0.39 is 5.91 Å². The number of nitrogens with one attached hydrogen (secondary N) is 2. The Hall–Kier alpha value is -3.13. The number of nitrogens with zero attached hydrogens (tertiary/aromatic N) is 1. The van der Waals surface area contributed by atoms with Crippen LogP contribution in [-0.2, 0) is 4.79 Å². The van der Waals surface area contributed by atoms with Gasteiger partial charge in [0.2, 0.25) is 0 Å². The minimum atomic E-state index is -0.562. The number of anilines is 1. The molecule has 0 aliphatic rings. The monoisotopic (exact) mass is 374 g/mol. The van der Waals surface area contributed by atoms with E-state index in [0.29, 0.717) is 18.0 Å². The molecule has 1 atom stereocenters. The van der Waals surface area contributed by atoms with Crippen LogP contribution in [0.3, 0.4) is 0 Å². The van der Waals surface area contributed by atoms with Gasteiger partial charge in [0, 0.05) is 12.2 Å². The molecule has 0 fully saturated rings. The van der Waals surface area contributed by atoms with Crippen molar-refractivity contribution in [1.29, 1.82) is 0 Å². The van der Waals surface area contributed by atoms with Gasteiger partial charge in [-0.05, 0) is 56.1 Å². The lowest BCUT2D eigenvalue weighted by molar-refractivity contribution is -0.119. The van der Waals surface area contributed by atoms with Crippen LogP contribution < -0.4 is 21.1 Å². The summed E-state index contributed by atoms with van der Waals surface area (Å²) in [6, 6.07) is 12.3. The number of amides is 3. The van der Waals surface area contributed by atoms with Crippen molar-refractivity contribution in [2.24, 2.45) is 5.73 Å². The molecule has 0 bridgehead atoms. The summed E-state index contributed by atoms with van der Waals surface area (Å²) in [6.45, 7) is 0.146. The minimum absolute atomic E-state index is 0.0964. The highest BCUT2D eigenvalue weighted by atomic mass is 19.1. The standard InChI is InChI=1S/C19H23FN4O3/c1-24(2)17(13-3-5-14(20)6-4-13)11-22-19(26)23-15-7-9-16(10-8-15)27-12-18(21)25/h3-10,17H,11-12H2,1-2H3,(H2,21,25)(H2,22,23,26). The van der Waals surface area contributed by atoms with Crippen LogP contribution in [0.25, 0.3) is 0 Å². The zero-order valence-corrected chi connectivity index (χ0v) is 15.2. The predicted molar refractivity (Wildman–Crippen MR) is 101 cm³/mol. The maximum absolute atomic E-state index is 13.1. The molecule has 1 unspecified atom stereocenters. The summed E-state index contributed by atoms with van der Waals surface area (Å²) in [4.78, 5) is 24.8. The Bertz CT molecular complexity index is 764. The molecule has 3 amide bonds. The van der Waals surface area contributed by atoms with Gasteiger partial charge in [-0.1, -0.05) is 12.1 Å². The largest absolute Gasteiger partial charge is 0.484 e. The normalized spacial score (nSPS) is 11.7. The van der Waals surface area contributed by atoms with E-state index in [1.54, 1.807) is 36.4 Å². The second-order valence-corrected chi connectivity index (χ2v) is 6.15. The van der Waals surface area contributed by atoms with Gasteiger partial charge in [0.25, 0.3) is 5.91 Å². The first-order chi connectivity index (χ1) is 12.8. The van der Waals surface area contributed by atoms with Crippen molar-refractivity contribution in [2.45, 2.75) is 6.04 Å². The molecule has 2 aromatic rings. The number of nitrogens with two attached hydrogens (primary N) is 1. The van der Waals surface area contributed by atoms with Gasteiger partial charge in [-0.25, -0.2) is 9.18 Å². The summed E-state index contributed by atoms with van der Waals surface area (Å²) < 4.78 is 18.3. The topological polar surface area (TPSA) is 96.7 Å². The summed E-state index contributed by atoms with van der Waals surface area (Å²) in [5.74, 6) is -0.387. The van der Waals surface area contributed by atoms with Crippen molar-refractivity contribution in [2.75, 3.05) is 32.6 Å². The van der Waals surface area contributed by atoms with Gasteiger partial charge in [0.05, 0.1) is 6.04 Å². The van der Waals surface area contributed by atoms with Crippen molar-refractivity contribution in [3.05, 3.63) is 59.9 Å². The van der Waals surface area contributed by atoms with Crippen molar-refractivity contribution < 1.29 is 18.7 Å². The molecule has 0 radical (unpaired) electrons. The third-order valence-electron chi connectivity index (χ3n) is 3.83. The van der Waals surface area contributed by atoms with Crippen LogP contribution in [0.15, 0.2) is 48.5 Å². The van der Waals surface area contributed by atoms with E-state index in [1.165, 1.54) is 12.1 Å². The number of hydrogen-bond acceptors (Lipinski definition) is 4. The van der Waals surface area contributed by atoms with Crippen molar-refractivity contribution in [3.8, 4) is 5.75 Å². The zero-order valence-electron chi connectivity index (χ0n) is 15.2. The minimum Gasteiger partial charge on any atom is -0.484 e. The quantitative estimate of drug-likeness (QED) is 0.659. The molecule has 2 rings (SSSR count). The molecule has 0 aromatic heterocycles. The van der Waals surface area contributed by atoms with Crippen LogP contribution in [0.2, 0.25) is 0 Å². The van der Waals surface area contributed by atoms with Crippen molar-refractivity contribution >= 4 is 17.6 Å². The molecular formula is C19H23FN4O3. The summed E-state index contributed by atoms with van der Waals surface area (Å²) >= 11 is 0. The molecule has 0 aliphatic heterocycles. The summed E-state index contributed by atoms with van der Waals surface area (Å²) in [5.41, 5.74) is 6.49. The van der Waals surface area contributed by atoms with Crippen molar-refractivity contribution in [3.63, 3.8) is 0 Å². The van der Waals surface area contributed by atoms with E-state index in [4.69, 9.17) is 10.5 Å². The highest BCUT2D eigenvalue weighted by Gasteiger charge is 2.15. The third-order valence-corrected chi connectivity index (χ3v) is 3.83. The Morgan fingerprint density at radius 2 is 1.74 bits per heavy atom. The van der Waals surface area contributed by atoms with Crippen LogP contribution in [0.5, 0.6) is 5.75 Å². The molecule has 0 heterocycles. The smallest absolute Gasteiger partial charge is 0.319 e. The van der Waals surface area contributed by atoms with Gasteiger partial charge < -0.3 is 26.0 Å². The molecule has 2 aromatic carbocycles. The number of carbonyl (C=O) groups is 2. The predicted octanol–water partition coefficient (Wildman–Crippen LogP) is 2.11. The van der Waals surface area contributed by atoms with Gasteiger partial charge in [0.1, 0.15) is 11.6 Å². The third kappa shape index (κ3) is 6.59. The van der Waals surface area contributed by atoms with Gasteiger partial charge >= 0.3 is 6.03 Å². The summed E-state index contributed by atoms with van der Waals surface area (Å²) in [7, 11) is 3.77. The molecule has 144 valence electrons. The Morgan fingerprint density at radius 1 is 1.11 bits per heavy atom. The number of likely N-dealkylation sites (N-methyl/N-ethyl adjacent to an activating group) is 1. The number of halogens is 1. The highest BCUT2D eigenvalue weighted by molar-refractivity contribution is 5.89. The summed E-state index contributed by atoms with van der Waals surface area (Å²) in [6.07, 6.45) is 0. The lowest BCUT2D eigenvalue weighted by Crippen LogP contribution is -2.36.